The first-order valence-electron chi connectivity index (χ1n) is 22.9. The average Bonchev–Trinajstić information content (AvgIpc) is 3.90. The molecule has 0 radical (unpaired) electrons. The highest BCUT2D eigenvalue weighted by Gasteiger charge is 2.32. The van der Waals surface area contributed by atoms with Crippen LogP contribution < -0.4 is 20.7 Å². The maximum Gasteiger partial charge on any atom is 0.225 e. The third-order valence-electron chi connectivity index (χ3n) is 13.5. The van der Waals surface area contributed by atoms with Crippen molar-refractivity contribution in [3.8, 4) is 17.0 Å². The molecule has 3 aliphatic rings. The van der Waals surface area contributed by atoms with Gasteiger partial charge in [0.2, 0.25) is 17.7 Å². The zero-order chi connectivity index (χ0) is 45.9. The second kappa shape index (κ2) is 19.9. The number of rotatable bonds is 14. The van der Waals surface area contributed by atoms with Crippen LogP contribution in [0.3, 0.4) is 0 Å². The van der Waals surface area contributed by atoms with Crippen molar-refractivity contribution in [2.45, 2.75) is 57.5 Å². The van der Waals surface area contributed by atoms with Gasteiger partial charge in [-0.3, -0.25) is 29.1 Å². The van der Waals surface area contributed by atoms with Gasteiger partial charge in [0, 0.05) is 119 Å². The van der Waals surface area contributed by atoms with Gasteiger partial charge in [0.15, 0.2) is 5.82 Å². The highest BCUT2D eigenvalue weighted by atomic mass is 35.5. The summed E-state index contributed by atoms with van der Waals surface area (Å²) in [5.41, 5.74) is 10.8. The maximum absolute atomic E-state index is 13.7. The smallest absolute Gasteiger partial charge is 0.225 e. The fourth-order valence-corrected chi connectivity index (χ4v) is 10.4. The van der Waals surface area contributed by atoms with E-state index in [1.807, 2.05) is 65.0 Å². The molecule has 0 aliphatic carbocycles. The number of carbonyl (C=O) groups excluding carboxylic acids is 3. The summed E-state index contributed by atoms with van der Waals surface area (Å²) in [4.78, 5) is 55.6. The van der Waals surface area contributed by atoms with Crippen molar-refractivity contribution in [2.24, 2.45) is 18.7 Å². The Morgan fingerprint density at radius 3 is 2.33 bits per heavy atom. The Balaban J connectivity index is 0.699. The molecule has 3 fully saturated rings. The standard InChI is InChI=1S/C48H56Cl2N12O4/c1-30(45-38(49)28-52-29-39(45)50)66-35-5-7-40-37(26-35)46(56-55-40)34-4-8-43(54-27-34)60-21-23-62(24-22-60)48(65)32-12-19-61(20-13-32)44(64)14-18-59-16-10-31(11-17-59)33-3-6-36-41(25-33)58(2)57-47(36)53-15-9-42(51)63/h3-8,25-32H,9-24H2,1-2H3,(H2,51,63)(H,53,57)(H,55,56)/t30-/m1/s1. The molecule has 2 aromatic carbocycles. The van der Waals surface area contributed by atoms with Crippen molar-refractivity contribution in [1.29, 1.82) is 0 Å². The van der Waals surface area contributed by atoms with Gasteiger partial charge < -0.3 is 35.4 Å². The van der Waals surface area contributed by atoms with Gasteiger partial charge in [-0.25, -0.2) is 4.98 Å². The van der Waals surface area contributed by atoms with Crippen LogP contribution in [0.2, 0.25) is 10.0 Å². The summed E-state index contributed by atoms with van der Waals surface area (Å²) < 4.78 is 8.13. The third-order valence-corrected chi connectivity index (χ3v) is 14.1. The first-order chi connectivity index (χ1) is 32.0. The van der Waals surface area contributed by atoms with Crippen LogP contribution in [0.25, 0.3) is 33.1 Å². The van der Waals surface area contributed by atoms with Crippen LogP contribution in [0, 0.1) is 5.92 Å². The summed E-state index contributed by atoms with van der Waals surface area (Å²) >= 11 is 12.8. The van der Waals surface area contributed by atoms with Gasteiger partial charge in [-0.1, -0.05) is 29.3 Å². The van der Waals surface area contributed by atoms with Gasteiger partial charge in [0.25, 0.3) is 0 Å². The van der Waals surface area contributed by atoms with Gasteiger partial charge in [0.1, 0.15) is 23.4 Å². The van der Waals surface area contributed by atoms with Gasteiger partial charge in [0.05, 0.1) is 21.1 Å². The Labute approximate surface area is 393 Å². The number of piperazine rings is 1. The summed E-state index contributed by atoms with van der Waals surface area (Å²) in [6, 6.07) is 16.3. The van der Waals surface area contributed by atoms with E-state index in [1.54, 1.807) is 12.4 Å². The van der Waals surface area contributed by atoms with Crippen LogP contribution in [-0.2, 0) is 21.4 Å². The number of piperidine rings is 2. The summed E-state index contributed by atoms with van der Waals surface area (Å²) in [6.45, 7) is 8.92. The lowest BCUT2D eigenvalue weighted by Crippen LogP contribution is -2.52. The lowest BCUT2D eigenvalue weighted by molar-refractivity contribution is -0.141. The number of pyridine rings is 2. The molecular weight excluding hydrogens is 880 g/mol. The van der Waals surface area contributed by atoms with Crippen LogP contribution >= 0.6 is 23.2 Å². The number of fused-ring (bicyclic) bond motifs is 2. The molecule has 3 amide bonds. The number of likely N-dealkylation sites (tertiary alicyclic amines) is 2. The van der Waals surface area contributed by atoms with Crippen LogP contribution in [0.15, 0.2) is 67.1 Å². The van der Waals surface area contributed by atoms with E-state index >= 15 is 0 Å². The van der Waals surface area contributed by atoms with Gasteiger partial charge >= 0.3 is 0 Å². The monoisotopic (exact) mass is 934 g/mol. The molecule has 6 aromatic rings. The van der Waals surface area contributed by atoms with Gasteiger partial charge in [-0.05, 0) is 99.6 Å². The summed E-state index contributed by atoms with van der Waals surface area (Å²) in [7, 11) is 1.94. The molecule has 1 atom stereocenters. The number of nitrogens with zero attached hydrogens (tertiary/aromatic N) is 9. The number of aromatic nitrogens is 6. The molecule has 66 heavy (non-hydrogen) atoms. The normalized spacial score (nSPS) is 17.1. The SMILES string of the molecule is C[C@@H](Oc1ccc2[nH]nc(-c3ccc(N4CCN(C(=O)C5CCN(C(=O)CCN6CCC(c7ccc8c(NCCC(N)=O)nn(C)c8c7)CC6)CC5)CC4)nc3)c2c1)c1c(Cl)cncc1Cl. The molecule has 0 unspecified atom stereocenters. The first kappa shape index (κ1) is 45.2. The average molecular weight is 936 g/mol. The van der Waals surface area contributed by atoms with Crippen LogP contribution in [0.4, 0.5) is 11.6 Å². The molecule has 4 aromatic heterocycles. The van der Waals surface area contributed by atoms with Crippen molar-refractivity contribution in [2.75, 3.05) is 75.7 Å². The van der Waals surface area contributed by atoms with Crippen LogP contribution in [0.5, 0.6) is 5.75 Å². The van der Waals surface area contributed by atoms with E-state index in [2.05, 4.69) is 53.6 Å². The number of aryl methyl sites for hydroxylation is 1. The van der Waals surface area contributed by atoms with Gasteiger partial charge in [-0.15, -0.1) is 0 Å². The highest BCUT2D eigenvalue weighted by Crippen LogP contribution is 2.36. The fraction of sp³-hybridized carbons (Fsp3) is 0.438. The molecule has 16 nitrogen and oxygen atoms in total. The van der Waals surface area contributed by atoms with E-state index < -0.39 is 6.10 Å². The molecule has 9 rings (SSSR count). The minimum atomic E-state index is -0.399. The molecule has 3 aliphatic heterocycles. The van der Waals surface area contributed by atoms with E-state index in [1.165, 1.54) is 5.56 Å². The van der Waals surface area contributed by atoms with Crippen molar-refractivity contribution < 1.29 is 19.1 Å². The number of nitrogens with one attached hydrogen (secondary N) is 2. The molecule has 3 saturated heterocycles. The molecule has 0 spiro atoms. The molecule has 0 saturated carbocycles. The Hall–Kier alpha value is -5.97. The Bertz CT molecular complexity index is 2680. The number of H-pyrrole nitrogens is 1. The van der Waals surface area contributed by atoms with E-state index in [0.29, 0.717) is 92.4 Å². The predicted octanol–water partition coefficient (Wildman–Crippen LogP) is 6.80. The fourth-order valence-electron chi connectivity index (χ4n) is 9.73. The minimum absolute atomic E-state index is 0.0590. The van der Waals surface area contributed by atoms with Crippen molar-refractivity contribution in [1.82, 2.24) is 44.6 Å². The number of anilines is 2. The highest BCUT2D eigenvalue weighted by molar-refractivity contribution is 6.35. The number of halogens is 2. The zero-order valence-electron chi connectivity index (χ0n) is 37.4. The summed E-state index contributed by atoms with van der Waals surface area (Å²) in [5.74, 6) is 2.70. The van der Waals surface area contributed by atoms with Crippen LogP contribution in [0.1, 0.15) is 68.6 Å². The van der Waals surface area contributed by atoms with Gasteiger partial charge in [-0.2, -0.15) is 10.2 Å². The van der Waals surface area contributed by atoms with Crippen molar-refractivity contribution in [3.05, 3.63) is 88.3 Å². The number of nitrogens with two attached hydrogens (primary N) is 1. The molecular formula is C48H56Cl2N12O4. The number of amides is 3. The molecule has 346 valence electrons. The quantitative estimate of drug-likeness (QED) is 0.104. The van der Waals surface area contributed by atoms with E-state index in [9.17, 15) is 14.4 Å². The molecule has 0 bridgehead atoms. The summed E-state index contributed by atoms with van der Waals surface area (Å²) in [5, 5.41) is 18.4. The second-order valence-electron chi connectivity index (χ2n) is 17.7. The van der Waals surface area contributed by atoms with Crippen molar-refractivity contribution >= 4 is 74.4 Å². The number of carbonyl (C=O) groups is 3. The minimum Gasteiger partial charge on any atom is -0.486 e. The third kappa shape index (κ3) is 9.91. The lowest BCUT2D eigenvalue weighted by Gasteiger charge is -2.39. The Morgan fingerprint density at radius 2 is 1.62 bits per heavy atom. The lowest BCUT2D eigenvalue weighted by atomic mass is 9.89. The Kier molecular flexibility index (Phi) is 13.6. The van der Waals surface area contributed by atoms with E-state index in [0.717, 1.165) is 77.2 Å². The number of ether oxygens (including phenoxy) is 1. The number of primary amides is 1. The zero-order valence-corrected chi connectivity index (χ0v) is 38.9. The number of hydrogen-bond acceptors (Lipinski definition) is 11. The molecule has 7 heterocycles. The topological polar surface area (TPSA) is 184 Å². The maximum atomic E-state index is 13.7. The van der Waals surface area contributed by atoms with Crippen LogP contribution in [-0.4, -0.2) is 128 Å². The van der Waals surface area contributed by atoms with E-state index in [-0.39, 0.29) is 30.1 Å². The summed E-state index contributed by atoms with van der Waals surface area (Å²) in [6.07, 6.45) is 8.79. The number of hydrogen-bond donors (Lipinski definition) is 3. The van der Waals surface area contributed by atoms with E-state index in [4.69, 9.17) is 38.7 Å². The molecule has 4 N–H and O–H groups in total. The van der Waals surface area contributed by atoms with Crippen molar-refractivity contribution in [3.63, 3.8) is 0 Å². The number of benzene rings is 2. The molecule has 18 heteroatoms. The predicted molar refractivity (Wildman–Crippen MR) is 257 cm³/mol. The largest absolute Gasteiger partial charge is 0.486 e. The Morgan fingerprint density at radius 1 is 0.864 bits per heavy atom. The first-order valence-corrected chi connectivity index (χ1v) is 23.7. The number of aromatic amines is 1. The second-order valence-corrected chi connectivity index (χ2v) is 18.5.